The first-order valence-corrected chi connectivity index (χ1v) is 22.1. The van der Waals surface area contributed by atoms with Gasteiger partial charge in [0.05, 0.1) is 0 Å². The van der Waals surface area contributed by atoms with Crippen molar-refractivity contribution in [1.29, 1.82) is 0 Å². The third-order valence-corrected chi connectivity index (χ3v) is 4.42. The Morgan fingerprint density at radius 3 is 1.61 bits per heavy atom. The van der Waals surface area contributed by atoms with Gasteiger partial charge in [0.1, 0.15) is 15.5 Å². The summed E-state index contributed by atoms with van der Waals surface area (Å²) in [7, 11) is -3.56. The molecule has 0 bridgehead atoms. The fourth-order valence-electron chi connectivity index (χ4n) is 1.36. The molecule has 0 aliphatic carbocycles. The van der Waals surface area contributed by atoms with Crippen LogP contribution in [0.3, 0.4) is 0 Å². The van der Waals surface area contributed by atoms with E-state index in [0.717, 1.165) is 38.7 Å². The quantitative estimate of drug-likeness (QED) is 0.153. The van der Waals surface area contributed by atoms with Crippen molar-refractivity contribution in [3.8, 4) is 23.8 Å². The van der Waals surface area contributed by atoms with Gasteiger partial charge in [-0.1, -0.05) is 39.3 Å². The van der Waals surface area contributed by atoms with Crippen molar-refractivity contribution in [2.24, 2.45) is 0 Å². The van der Waals surface area contributed by atoms with E-state index in [0.29, 0.717) is 0 Å². The van der Waals surface area contributed by atoms with Crippen molar-refractivity contribution in [1.82, 2.24) is 0 Å². The molecule has 1 N–H and O–H groups in total. The molecular formula is C23H50BrClMgO2Si3. The van der Waals surface area contributed by atoms with E-state index in [1.807, 2.05) is 0 Å². The summed E-state index contributed by atoms with van der Waals surface area (Å²) in [4.78, 5) is 0. The second kappa shape index (κ2) is 29.3. The predicted octanol–water partition coefficient (Wildman–Crippen LogP) is 4.19. The monoisotopic (exact) mass is 580 g/mol. The number of hydrogen-bond acceptors (Lipinski definition) is 2. The average Bonchev–Trinajstić information content (AvgIpc) is 2.53. The van der Waals surface area contributed by atoms with Crippen LogP contribution in [0.25, 0.3) is 0 Å². The maximum Gasteiger partial charge on any atom is 2.00 e. The average molecular weight is 583 g/mol. The molecular weight excluding hydrogens is 532 g/mol. The Morgan fingerprint density at radius 2 is 1.29 bits per heavy atom. The molecule has 2 nitrogen and oxygen atoms in total. The fraction of sp³-hybridized carbons (Fsp3) is 0.783. The standard InChI is InChI=1S/C12H26OSi2.C6H10O.C3H9ClSi.C2H5.BrH.Mg/c1-14(2,3)12-10-8-7-9-11-13-15(4,5)6;1-2-3-4-5-6-7;1-5(2,3)4;1-2;;/h7-9,11H2,1-6H3;1,7H,3-6H2;1-3H3;1H2,2H3;1H;/q;;;-1;;+2/p-1. The summed E-state index contributed by atoms with van der Waals surface area (Å²) in [5, 5.41) is 8.22. The van der Waals surface area contributed by atoms with Gasteiger partial charge in [-0.15, -0.1) is 23.8 Å². The van der Waals surface area contributed by atoms with Crippen molar-refractivity contribution in [2.45, 2.75) is 104 Å². The summed E-state index contributed by atoms with van der Waals surface area (Å²) in [5.41, 5.74) is 3.39. The van der Waals surface area contributed by atoms with E-state index < -0.39 is 23.8 Å². The molecule has 0 unspecified atom stereocenters. The van der Waals surface area contributed by atoms with Gasteiger partial charge in [-0.3, -0.25) is 0 Å². The third-order valence-electron chi connectivity index (χ3n) is 2.42. The SMILES string of the molecule is C#CCCCCO.C[Si](C)(C)C#CCCCCO[Si](C)(C)C.C[Si](C)(C)Cl.[Br-].[CH2-]C.[Mg+2]. The number of rotatable bonds is 8. The smallest absolute Gasteiger partial charge is 1.00 e. The van der Waals surface area contributed by atoms with Crippen LogP contribution in [0.15, 0.2) is 0 Å². The molecule has 182 valence electrons. The maximum absolute atomic E-state index is 8.22. The van der Waals surface area contributed by atoms with Gasteiger partial charge in [-0.05, 0) is 45.3 Å². The van der Waals surface area contributed by atoms with Crippen LogP contribution in [-0.4, -0.2) is 65.1 Å². The molecule has 0 aromatic heterocycles. The molecule has 0 saturated carbocycles. The fourth-order valence-corrected chi connectivity index (χ4v) is 2.77. The summed E-state index contributed by atoms with van der Waals surface area (Å²) in [6.45, 7) is 26.0. The third kappa shape index (κ3) is 89.9. The van der Waals surface area contributed by atoms with Crippen LogP contribution in [0.4, 0.5) is 0 Å². The van der Waals surface area contributed by atoms with Gasteiger partial charge in [-0.25, -0.2) is 0 Å². The van der Waals surface area contributed by atoms with E-state index in [9.17, 15) is 0 Å². The number of terminal acetylenes is 1. The van der Waals surface area contributed by atoms with Gasteiger partial charge in [0, 0.05) is 26.1 Å². The first kappa shape index (κ1) is 45.7. The first-order chi connectivity index (χ1) is 13.1. The molecule has 0 spiro atoms. The summed E-state index contributed by atoms with van der Waals surface area (Å²) in [6, 6.07) is 0. The molecule has 0 heterocycles. The van der Waals surface area contributed by atoms with Crippen LogP contribution >= 0.6 is 11.1 Å². The van der Waals surface area contributed by atoms with Gasteiger partial charge < -0.3 is 33.4 Å². The molecule has 0 saturated heterocycles. The van der Waals surface area contributed by atoms with Crippen molar-refractivity contribution in [3.63, 3.8) is 0 Å². The van der Waals surface area contributed by atoms with E-state index in [2.05, 4.69) is 83.2 Å². The Labute approximate surface area is 231 Å². The first-order valence-electron chi connectivity index (χ1n) is 10.7. The minimum absolute atomic E-state index is 0. The summed E-state index contributed by atoms with van der Waals surface area (Å²) in [5.74, 6) is 5.78. The van der Waals surface area contributed by atoms with E-state index in [4.69, 9.17) is 27.0 Å². The Balaban J connectivity index is -0.0000000821. The van der Waals surface area contributed by atoms with E-state index in [1.54, 1.807) is 6.92 Å². The van der Waals surface area contributed by atoms with Gasteiger partial charge in [0.2, 0.25) is 0 Å². The summed E-state index contributed by atoms with van der Waals surface area (Å²) in [6.07, 6.45) is 10.9. The zero-order chi connectivity index (χ0) is 24.0. The Hall–Kier alpha value is 1.23. The van der Waals surface area contributed by atoms with E-state index in [1.165, 1.54) is 6.42 Å². The molecule has 0 radical (unpaired) electrons. The largest absolute Gasteiger partial charge is 2.00 e. The molecule has 0 atom stereocenters. The number of aliphatic hydroxyl groups excluding tert-OH is 1. The van der Waals surface area contributed by atoms with Gasteiger partial charge >= 0.3 is 23.1 Å². The van der Waals surface area contributed by atoms with Crippen molar-refractivity contribution < 1.29 is 26.5 Å². The van der Waals surface area contributed by atoms with Crippen LogP contribution in [-0.2, 0) is 4.43 Å². The summed E-state index contributed by atoms with van der Waals surface area (Å²) >= 11 is 5.67. The second-order valence-electron chi connectivity index (χ2n) is 9.42. The normalized spacial score (nSPS) is 9.81. The van der Waals surface area contributed by atoms with Crippen molar-refractivity contribution >= 4 is 57.9 Å². The van der Waals surface area contributed by atoms with E-state index in [-0.39, 0.29) is 46.6 Å². The molecule has 0 aliphatic heterocycles. The predicted molar refractivity (Wildman–Crippen MR) is 150 cm³/mol. The Kier molecular flexibility index (Phi) is 43.1. The van der Waals surface area contributed by atoms with Crippen LogP contribution in [0.1, 0.15) is 45.4 Å². The van der Waals surface area contributed by atoms with Crippen LogP contribution in [0.2, 0.25) is 58.9 Å². The number of hydrogen-bond donors (Lipinski definition) is 1. The molecule has 0 amide bonds. The molecule has 0 aliphatic rings. The molecule has 0 aromatic carbocycles. The van der Waals surface area contributed by atoms with Crippen LogP contribution < -0.4 is 17.0 Å². The van der Waals surface area contributed by atoms with Gasteiger partial charge in [0.15, 0.2) is 8.32 Å². The number of unbranched alkanes of at least 4 members (excludes halogenated alkanes) is 4. The Bertz CT molecular complexity index is 437. The van der Waals surface area contributed by atoms with E-state index >= 15 is 0 Å². The maximum atomic E-state index is 8.22. The second-order valence-corrected chi connectivity index (χ2v) is 26.2. The zero-order valence-electron chi connectivity index (χ0n) is 22.3. The number of aliphatic hydroxyl groups is 1. The minimum Gasteiger partial charge on any atom is -1.00 e. The molecule has 0 rings (SSSR count). The number of halogens is 2. The van der Waals surface area contributed by atoms with Crippen LogP contribution in [0, 0.1) is 30.7 Å². The molecule has 8 heteroatoms. The van der Waals surface area contributed by atoms with Crippen molar-refractivity contribution in [3.05, 3.63) is 6.92 Å². The van der Waals surface area contributed by atoms with Crippen LogP contribution in [0.5, 0.6) is 0 Å². The Morgan fingerprint density at radius 1 is 0.871 bits per heavy atom. The minimum atomic E-state index is -1.28. The topological polar surface area (TPSA) is 29.5 Å². The molecule has 0 fully saturated rings. The molecule has 31 heavy (non-hydrogen) atoms. The zero-order valence-corrected chi connectivity index (χ0v) is 29.0. The van der Waals surface area contributed by atoms with Crippen molar-refractivity contribution in [2.75, 3.05) is 13.2 Å². The van der Waals surface area contributed by atoms with Gasteiger partial charge in [0.25, 0.3) is 0 Å². The van der Waals surface area contributed by atoms with Gasteiger partial charge in [-0.2, -0.15) is 18.0 Å². The molecule has 0 aromatic rings. The summed E-state index contributed by atoms with van der Waals surface area (Å²) < 4.78 is 5.78.